The molecule has 0 atom stereocenters. The lowest BCUT2D eigenvalue weighted by Crippen LogP contribution is -2.41. The molecule has 21 heavy (non-hydrogen) atoms. The van der Waals surface area contributed by atoms with Gasteiger partial charge in [-0.2, -0.15) is 0 Å². The van der Waals surface area contributed by atoms with Gasteiger partial charge in [0.1, 0.15) is 0 Å². The molecule has 1 amide bonds. The van der Waals surface area contributed by atoms with Crippen molar-refractivity contribution in [2.24, 2.45) is 11.1 Å². The number of pyridine rings is 1. The van der Waals surface area contributed by atoms with Crippen molar-refractivity contribution in [3.63, 3.8) is 0 Å². The van der Waals surface area contributed by atoms with Crippen LogP contribution in [0.2, 0.25) is 0 Å². The molecule has 1 aromatic carbocycles. The van der Waals surface area contributed by atoms with E-state index in [1.807, 2.05) is 45.0 Å². The van der Waals surface area contributed by atoms with E-state index >= 15 is 0 Å². The maximum Gasteiger partial charge on any atom is 0.231 e. The first-order valence-corrected chi connectivity index (χ1v) is 7.44. The summed E-state index contributed by atoms with van der Waals surface area (Å²) in [7, 11) is 0. The molecule has 1 aromatic heterocycles. The largest absolute Gasteiger partial charge is 0.329 e. The summed E-state index contributed by atoms with van der Waals surface area (Å²) in [5.74, 6) is -0.0102. The third-order valence-corrected chi connectivity index (χ3v) is 4.45. The molecule has 0 aliphatic heterocycles. The van der Waals surface area contributed by atoms with Crippen molar-refractivity contribution in [2.45, 2.75) is 33.6 Å². The summed E-state index contributed by atoms with van der Waals surface area (Å²) < 4.78 is 0. The maximum atomic E-state index is 12.6. The zero-order valence-electron chi connectivity index (χ0n) is 12.9. The van der Waals surface area contributed by atoms with Crippen LogP contribution in [0.3, 0.4) is 0 Å². The second kappa shape index (κ2) is 6.22. The van der Waals surface area contributed by atoms with Crippen molar-refractivity contribution in [2.75, 3.05) is 11.9 Å². The Labute approximate surface area is 125 Å². The second-order valence-corrected chi connectivity index (χ2v) is 5.48. The van der Waals surface area contributed by atoms with Gasteiger partial charge in [-0.05, 0) is 43.5 Å². The molecule has 4 heteroatoms. The number of anilines is 1. The van der Waals surface area contributed by atoms with Crippen molar-refractivity contribution in [3.8, 4) is 0 Å². The summed E-state index contributed by atoms with van der Waals surface area (Å²) in [5.41, 5.74) is 8.16. The number of amides is 1. The molecule has 0 aliphatic carbocycles. The lowest BCUT2D eigenvalue weighted by molar-refractivity contribution is -0.125. The number of aryl methyl sites for hydroxylation is 1. The van der Waals surface area contributed by atoms with E-state index in [0.717, 1.165) is 35.0 Å². The molecule has 112 valence electrons. The molecular weight excluding hydrogens is 262 g/mol. The van der Waals surface area contributed by atoms with Crippen LogP contribution in [0, 0.1) is 12.3 Å². The van der Waals surface area contributed by atoms with E-state index in [9.17, 15) is 4.79 Å². The van der Waals surface area contributed by atoms with Gasteiger partial charge in [0.2, 0.25) is 5.91 Å². The molecule has 1 heterocycles. The molecule has 0 saturated heterocycles. The number of hydrogen-bond donors (Lipinski definition) is 2. The first-order chi connectivity index (χ1) is 10.1. The van der Waals surface area contributed by atoms with E-state index in [4.69, 9.17) is 5.73 Å². The normalized spacial score (nSPS) is 11.6. The van der Waals surface area contributed by atoms with Gasteiger partial charge in [-0.1, -0.05) is 19.9 Å². The van der Waals surface area contributed by atoms with E-state index < -0.39 is 5.41 Å². The third-order valence-electron chi connectivity index (χ3n) is 4.45. The van der Waals surface area contributed by atoms with Gasteiger partial charge < -0.3 is 11.1 Å². The predicted octanol–water partition coefficient (Wildman–Crippen LogP) is 3.25. The van der Waals surface area contributed by atoms with Crippen LogP contribution in [-0.2, 0) is 4.79 Å². The summed E-state index contributed by atoms with van der Waals surface area (Å²) in [4.78, 5) is 17.0. The molecule has 3 N–H and O–H groups in total. The highest BCUT2D eigenvalue weighted by atomic mass is 16.2. The number of carbonyl (C=O) groups excluding carboxylic acids is 1. The van der Waals surface area contributed by atoms with Crippen LogP contribution >= 0.6 is 0 Å². The lowest BCUT2D eigenvalue weighted by atomic mass is 9.81. The van der Waals surface area contributed by atoms with E-state index in [-0.39, 0.29) is 5.91 Å². The SMILES string of the molecule is CCC(CC)(CN)C(=O)Nc1ccc(C)c2ncccc12. The first kappa shape index (κ1) is 15.4. The topological polar surface area (TPSA) is 68.0 Å². The Morgan fingerprint density at radius 1 is 1.29 bits per heavy atom. The zero-order chi connectivity index (χ0) is 15.5. The first-order valence-electron chi connectivity index (χ1n) is 7.44. The molecule has 2 rings (SSSR count). The van der Waals surface area contributed by atoms with Gasteiger partial charge >= 0.3 is 0 Å². The van der Waals surface area contributed by atoms with Crippen LogP contribution in [0.1, 0.15) is 32.3 Å². The minimum Gasteiger partial charge on any atom is -0.329 e. The highest BCUT2D eigenvalue weighted by Gasteiger charge is 2.33. The predicted molar refractivity (Wildman–Crippen MR) is 87.2 cm³/mol. The molecule has 0 bridgehead atoms. The summed E-state index contributed by atoms with van der Waals surface area (Å²) in [5, 5.41) is 4.01. The molecule has 0 spiro atoms. The Hall–Kier alpha value is -1.94. The minimum atomic E-state index is -0.501. The van der Waals surface area contributed by atoms with Crippen LogP contribution in [0.4, 0.5) is 5.69 Å². The minimum absolute atomic E-state index is 0.0102. The second-order valence-electron chi connectivity index (χ2n) is 5.48. The lowest BCUT2D eigenvalue weighted by Gasteiger charge is -2.28. The van der Waals surface area contributed by atoms with Crippen molar-refractivity contribution in [3.05, 3.63) is 36.0 Å². The van der Waals surface area contributed by atoms with Gasteiger partial charge in [0.25, 0.3) is 0 Å². The van der Waals surface area contributed by atoms with Gasteiger partial charge in [0.05, 0.1) is 16.6 Å². The van der Waals surface area contributed by atoms with Gasteiger partial charge in [-0.3, -0.25) is 9.78 Å². The third kappa shape index (κ3) is 2.76. The van der Waals surface area contributed by atoms with Crippen LogP contribution < -0.4 is 11.1 Å². The van der Waals surface area contributed by atoms with Crippen LogP contribution in [0.15, 0.2) is 30.5 Å². The number of fused-ring (bicyclic) bond motifs is 1. The van der Waals surface area contributed by atoms with Gasteiger partial charge in [0, 0.05) is 18.1 Å². The van der Waals surface area contributed by atoms with Gasteiger partial charge in [0.15, 0.2) is 0 Å². The van der Waals surface area contributed by atoms with Crippen LogP contribution in [0.25, 0.3) is 10.9 Å². The number of nitrogens with one attached hydrogen (secondary N) is 1. The highest BCUT2D eigenvalue weighted by Crippen LogP contribution is 2.30. The molecule has 0 aliphatic rings. The molecule has 2 aromatic rings. The molecular formula is C17H23N3O. The Bertz CT molecular complexity index is 639. The average Bonchev–Trinajstić information content (AvgIpc) is 2.53. The van der Waals surface area contributed by atoms with Crippen molar-refractivity contribution >= 4 is 22.5 Å². The average molecular weight is 285 g/mol. The fraction of sp³-hybridized carbons (Fsp3) is 0.412. The van der Waals surface area contributed by atoms with E-state index in [1.54, 1.807) is 6.20 Å². The monoisotopic (exact) mass is 285 g/mol. The summed E-state index contributed by atoms with van der Waals surface area (Å²) >= 11 is 0. The Balaban J connectivity index is 2.41. The highest BCUT2D eigenvalue weighted by molar-refractivity contribution is 6.03. The smallest absolute Gasteiger partial charge is 0.231 e. The molecule has 0 radical (unpaired) electrons. The summed E-state index contributed by atoms with van der Waals surface area (Å²) in [6.45, 7) is 6.38. The number of rotatable bonds is 5. The quantitative estimate of drug-likeness (QED) is 0.886. The number of nitrogens with two attached hydrogens (primary N) is 1. The van der Waals surface area contributed by atoms with Crippen LogP contribution in [0.5, 0.6) is 0 Å². The summed E-state index contributed by atoms with van der Waals surface area (Å²) in [6.07, 6.45) is 3.23. The molecule has 4 nitrogen and oxygen atoms in total. The van der Waals surface area contributed by atoms with Crippen LogP contribution in [-0.4, -0.2) is 17.4 Å². The number of nitrogens with zero attached hydrogens (tertiary/aromatic N) is 1. The van der Waals surface area contributed by atoms with Gasteiger partial charge in [-0.25, -0.2) is 0 Å². The molecule has 0 unspecified atom stereocenters. The zero-order valence-corrected chi connectivity index (χ0v) is 12.9. The van der Waals surface area contributed by atoms with Crippen molar-refractivity contribution < 1.29 is 4.79 Å². The van der Waals surface area contributed by atoms with E-state index in [0.29, 0.717) is 6.54 Å². The van der Waals surface area contributed by atoms with E-state index in [1.165, 1.54) is 0 Å². The van der Waals surface area contributed by atoms with Gasteiger partial charge in [-0.15, -0.1) is 0 Å². The fourth-order valence-corrected chi connectivity index (χ4v) is 2.63. The Morgan fingerprint density at radius 3 is 2.62 bits per heavy atom. The molecule has 0 saturated carbocycles. The number of aromatic nitrogens is 1. The fourth-order valence-electron chi connectivity index (χ4n) is 2.63. The Kier molecular flexibility index (Phi) is 4.58. The van der Waals surface area contributed by atoms with Crippen molar-refractivity contribution in [1.29, 1.82) is 0 Å². The number of benzene rings is 1. The van der Waals surface area contributed by atoms with E-state index in [2.05, 4.69) is 10.3 Å². The molecule has 0 fully saturated rings. The number of carbonyl (C=O) groups is 1. The van der Waals surface area contributed by atoms with Crippen molar-refractivity contribution in [1.82, 2.24) is 4.98 Å². The standard InChI is InChI=1S/C17H23N3O/c1-4-17(5-2,11-18)16(21)20-14-9-8-12(3)15-13(14)7-6-10-19-15/h6-10H,4-5,11,18H2,1-3H3,(H,20,21). The Morgan fingerprint density at radius 2 is 2.00 bits per heavy atom. The number of hydrogen-bond acceptors (Lipinski definition) is 3. The maximum absolute atomic E-state index is 12.6. The summed E-state index contributed by atoms with van der Waals surface area (Å²) in [6, 6.07) is 7.77.